The van der Waals surface area contributed by atoms with Crippen molar-refractivity contribution in [1.29, 1.82) is 0 Å². The fraction of sp³-hybridized carbons (Fsp3) is 0.333. The van der Waals surface area contributed by atoms with Gasteiger partial charge >= 0.3 is 6.18 Å². The quantitative estimate of drug-likeness (QED) is 0.129. The zero-order valence-corrected chi connectivity index (χ0v) is 21.8. The van der Waals surface area contributed by atoms with Crippen LogP contribution in [0.4, 0.5) is 26.3 Å². The van der Waals surface area contributed by atoms with Crippen LogP contribution in [0.2, 0.25) is 0 Å². The van der Waals surface area contributed by atoms with E-state index in [4.69, 9.17) is 4.74 Å². The van der Waals surface area contributed by atoms with Gasteiger partial charge in [-0.15, -0.1) is 0 Å². The number of rotatable bonds is 12. The van der Waals surface area contributed by atoms with Crippen LogP contribution in [0.1, 0.15) is 43.7 Å². The lowest BCUT2D eigenvalue weighted by Gasteiger charge is -2.12. The molecule has 0 saturated carbocycles. The lowest BCUT2D eigenvalue weighted by Crippen LogP contribution is -2.20. The molecule has 3 aromatic carbocycles. The van der Waals surface area contributed by atoms with E-state index in [-0.39, 0.29) is 18.4 Å². The molecule has 40 heavy (non-hydrogen) atoms. The number of aryl methyl sites for hydroxylation is 2. The Balaban J connectivity index is 1.42. The second kappa shape index (κ2) is 13.0. The first-order valence-electron chi connectivity index (χ1n) is 13.0. The molecule has 4 nitrogen and oxygen atoms in total. The lowest BCUT2D eigenvalue weighted by molar-refractivity contribution is -0.154. The number of benzene rings is 3. The van der Waals surface area contributed by atoms with Crippen molar-refractivity contribution in [2.75, 3.05) is 13.2 Å². The summed E-state index contributed by atoms with van der Waals surface area (Å²) in [6.07, 6.45) is 3.07. The van der Waals surface area contributed by atoms with E-state index in [1.54, 1.807) is 42.7 Å². The SMILES string of the molecule is CCCCCCOc1cnc(-c2ccc3c(F)c(CCc4cc(F)c(OCC(F)(F)F)c(F)c4)ccc3c2)nc1. The Bertz CT molecular complexity index is 1420. The average molecular weight is 563 g/mol. The molecule has 0 aliphatic heterocycles. The predicted octanol–water partition coefficient (Wildman–Crippen LogP) is 8.40. The first-order valence-corrected chi connectivity index (χ1v) is 13.0. The van der Waals surface area contributed by atoms with Crippen LogP contribution in [0.25, 0.3) is 22.2 Å². The number of nitrogens with zero attached hydrogens (tertiary/aromatic N) is 2. The maximum atomic E-state index is 15.3. The second-order valence-electron chi connectivity index (χ2n) is 9.42. The van der Waals surface area contributed by atoms with Crippen LogP contribution in [0.15, 0.2) is 54.9 Å². The zero-order valence-electron chi connectivity index (χ0n) is 21.8. The number of aromatic nitrogens is 2. The molecule has 0 aliphatic carbocycles. The molecule has 0 unspecified atom stereocenters. The topological polar surface area (TPSA) is 44.2 Å². The van der Waals surface area contributed by atoms with Crippen molar-refractivity contribution >= 4 is 10.8 Å². The summed E-state index contributed by atoms with van der Waals surface area (Å²) in [6.45, 7) is 0.941. The largest absolute Gasteiger partial charge is 0.490 e. The standard InChI is InChI=1S/C30H28F6N2O2/c1-2-3-4-5-12-39-23-16-37-29(38-17-23)22-10-11-24-21(15-22)9-8-20(27(24)33)7-6-19-13-25(31)28(26(32)14-19)40-18-30(34,35)36/h8-11,13-17H,2-7,12,18H2,1H3. The molecule has 0 amide bonds. The third-order valence-corrected chi connectivity index (χ3v) is 6.31. The Labute approximate surface area is 228 Å². The Morgan fingerprint density at radius 1 is 0.800 bits per heavy atom. The summed E-state index contributed by atoms with van der Waals surface area (Å²) in [7, 11) is 0. The van der Waals surface area contributed by atoms with Gasteiger partial charge in [0.05, 0.1) is 19.0 Å². The van der Waals surface area contributed by atoms with Crippen molar-refractivity contribution in [2.45, 2.75) is 51.6 Å². The van der Waals surface area contributed by atoms with Crippen LogP contribution < -0.4 is 9.47 Å². The highest BCUT2D eigenvalue weighted by molar-refractivity contribution is 5.87. The van der Waals surface area contributed by atoms with Crippen molar-refractivity contribution in [3.05, 3.63) is 83.4 Å². The molecular weight excluding hydrogens is 534 g/mol. The van der Waals surface area contributed by atoms with Gasteiger partial charge in [0.2, 0.25) is 0 Å². The van der Waals surface area contributed by atoms with E-state index in [1.165, 1.54) is 6.42 Å². The fourth-order valence-corrected chi connectivity index (χ4v) is 4.26. The molecule has 0 spiro atoms. The van der Waals surface area contributed by atoms with E-state index in [9.17, 15) is 22.0 Å². The summed E-state index contributed by atoms with van der Waals surface area (Å²) < 4.78 is 90.5. The maximum absolute atomic E-state index is 15.3. The highest BCUT2D eigenvalue weighted by Gasteiger charge is 2.30. The second-order valence-corrected chi connectivity index (χ2v) is 9.42. The lowest BCUT2D eigenvalue weighted by atomic mass is 9.98. The molecule has 0 atom stereocenters. The molecule has 0 radical (unpaired) electrons. The normalized spacial score (nSPS) is 11.7. The number of hydrogen-bond donors (Lipinski definition) is 0. The number of halogens is 6. The Morgan fingerprint density at radius 2 is 1.52 bits per heavy atom. The monoisotopic (exact) mass is 562 g/mol. The number of unbranched alkanes of at least 4 members (excludes halogenated alkanes) is 3. The molecule has 212 valence electrons. The van der Waals surface area contributed by atoms with Gasteiger partial charge in [-0.25, -0.2) is 23.1 Å². The molecule has 1 aromatic heterocycles. The molecule has 0 N–H and O–H groups in total. The van der Waals surface area contributed by atoms with Crippen molar-refractivity contribution in [3.8, 4) is 22.9 Å². The summed E-state index contributed by atoms with van der Waals surface area (Å²) in [5.41, 5.74) is 1.19. The number of alkyl halides is 3. The molecule has 0 fully saturated rings. The third-order valence-electron chi connectivity index (χ3n) is 6.31. The van der Waals surface area contributed by atoms with Gasteiger partial charge in [-0.05, 0) is 54.0 Å². The molecule has 4 rings (SSSR count). The van der Waals surface area contributed by atoms with Crippen LogP contribution in [-0.4, -0.2) is 29.4 Å². The summed E-state index contributed by atoms with van der Waals surface area (Å²) >= 11 is 0. The minimum Gasteiger partial charge on any atom is -0.490 e. The van der Waals surface area contributed by atoms with Crippen LogP contribution in [0, 0.1) is 17.5 Å². The highest BCUT2D eigenvalue weighted by atomic mass is 19.4. The third kappa shape index (κ3) is 7.64. The van der Waals surface area contributed by atoms with Crippen LogP contribution in [0.3, 0.4) is 0 Å². The maximum Gasteiger partial charge on any atom is 0.422 e. The number of fused-ring (bicyclic) bond motifs is 1. The summed E-state index contributed by atoms with van der Waals surface area (Å²) in [5, 5.41) is 0.989. The van der Waals surface area contributed by atoms with Gasteiger partial charge in [-0.3, -0.25) is 0 Å². The van der Waals surface area contributed by atoms with Crippen LogP contribution >= 0.6 is 0 Å². The van der Waals surface area contributed by atoms with Crippen molar-refractivity contribution in [3.63, 3.8) is 0 Å². The minimum atomic E-state index is -4.73. The van der Waals surface area contributed by atoms with E-state index >= 15 is 4.39 Å². The van der Waals surface area contributed by atoms with E-state index in [1.807, 2.05) is 0 Å². The van der Waals surface area contributed by atoms with Gasteiger partial charge in [-0.1, -0.05) is 50.5 Å². The smallest absolute Gasteiger partial charge is 0.422 e. The molecule has 1 heterocycles. The summed E-state index contributed by atoms with van der Waals surface area (Å²) in [4.78, 5) is 8.72. The Hall–Kier alpha value is -3.82. The van der Waals surface area contributed by atoms with Gasteiger partial charge in [0.1, 0.15) is 5.82 Å². The Kier molecular flexibility index (Phi) is 9.50. The summed E-state index contributed by atoms with van der Waals surface area (Å²) in [5.74, 6) is -3.01. The van der Waals surface area contributed by atoms with Crippen LogP contribution in [0.5, 0.6) is 11.5 Å². The van der Waals surface area contributed by atoms with Gasteiger partial charge in [-0.2, -0.15) is 13.2 Å². The molecular formula is C30H28F6N2O2. The minimum absolute atomic E-state index is 0.0643. The molecule has 0 saturated heterocycles. The molecule has 0 aliphatic rings. The Morgan fingerprint density at radius 3 is 2.20 bits per heavy atom. The van der Waals surface area contributed by atoms with Gasteiger partial charge < -0.3 is 9.47 Å². The van der Waals surface area contributed by atoms with E-state index in [0.717, 1.165) is 31.4 Å². The summed E-state index contributed by atoms with van der Waals surface area (Å²) in [6, 6.07) is 10.2. The van der Waals surface area contributed by atoms with E-state index < -0.39 is 36.0 Å². The number of ether oxygens (including phenoxy) is 2. The van der Waals surface area contributed by atoms with E-state index in [2.05, 4.69) is 21.6 Å². The van der Waals surface area contributed by atoms with Gasteiger partial charge in [0, 0.05) is 10.9 Å². The highest BCUT2D eigenvalue weighted by Crippen LogP contribution is 2.29. The van der Waals surface area contributed by atoms with Crippen molar-refractivity contribution in [2.24, 2.45) is 0 Å². The predicted molar refractivity (Wildman–Crippen MR) is 140 cm³/mol. The van der Waals surface area contributed by atoms with E-state index in [0.29, 0.717) is 40.1 Å². The molecule has 10 heteroatoms. The zero-order chi connectivity index (χ0) is 28.7. The van der Waals surface area contributed by atoms with Gasteiger partial charge in [0.15, 0.2) is 35.6 Å². The molecule has 4 aromatic rings. The first-order chi connectivity index (χ1) is 19.1. The molecule has 0 bridgehead atoms. The first kappa shape index (κ1) is 29.2. The average Bonchev–Trinajstić information content (AvgIpc) is 2.92. The van der Waals surface area contributed by atoms with Crippen molar-refractivity contribution < 1.29 is 35.8 Å². The fourth-order valence-electron chi connectivity index (χ4n) is 4.26. The van der Waals surface area contributed by atoms with Crippen LogP contribution in [-0.2, 0) is 12.8 Å². The number of hydrogen-bond acceptors (Lipinski definition) is 4. The van der Waals surface area contributed by atoms with Gasteiger partial charge in [0.25, 0.3) is 0 Å². The van der Waals surface area contributed by atoms with Crippen molar-refractivity contribution in [1.82, 2.24) is 9.97 Å².